The fourth-order valence-corrected chi connectivity index (χ4v) is 4.47. The first-order valence-electron chi connectivity index (χ1n) is 8.75. The van der Waals surface area contributed by atoms with Crippen LogP contribution < -0.4 is 5.73 Å². The van der Waals surface area contributed by atoms with Gasteiger partial charge in [-0.25, -0.2) is 8.42 Å². The molecule has 0 aliphatic carbocycles. The number of hydrogen-bond acceptors (Lipinski definition) is 6. The Morgan fingerprint density at radius 2 is 1.86 bits per heavy atom. The number of likely N-dealkylation sites (tertiary alicyclic amines) is 1. The molecule has 1 aromatic heterocycles. The quantitative estimate of drug-likeness (QED) is 0.467. The number of rotatable bonds is 5. The van der Waals surface area contributed by atoms with Crippen molar-refractivity contribution in [1.29, 1.82) is 5.41 Å². The van der Waals surface area contributed by atoms with Crippen molar-refractivity contribution in [2.75, 3.05) is 6.54 Å². The largest absolute Gasteiger partial charge is 0.370 e. The van der Waals surface area contributed by atoms with Crippen LogP contribution in [0.4, 0.5) is 0 Å². The highest BCUT2D eigenvalue weighted by atomic mass is 35.5. The van der Waals surface area contributed by atoms with Gasteiger partial charge in [-0.3, -0.25) is 5.41 Å². The van der Waals surface area contributed by atoms with Crippen molar-refractivity contribution < 1.29 is 12.9 Å². The maximum Gasteiger partial charge on any atom is 0.249 e. The zero-order valence-electron chi connectivity index (χ0n) is 15.4. The van der Waals surface area contributed by atoms with E-state index in [1.807, 2.05) is 0 Å². The van der Waals surface area contributed by atoms with Crippen molar-refractivity contribution in [2.24, 2.45) is 5.73 Å². The van der Waals surface area contributed by atoms with E-state index in [0.717, 1.165) is 12.0 Å². The molecule has 1 aliphatic heterocycles. The first-order valence-corrected chi connectivity index (χ1v) is 10.4. The highest BCUT2D eigenvalue weighted by molar-refractivity contribution is 7.90. The summed E-state index contributed by atoms with van der Waals surface area (Å²) >= 11 is 0. The van der Waals surface area contributed by atoms with E-state index in [-0.39, 0.29) is 30.2 Å². The van der Waals surface area contributed by atoms with Crippen LogP contribution in [0.5, 0.6) is 0 Å². The highest BCUT2D eigenvalue weighted by Gasteiger charge is 2.35. The van der Waals surface area contributed by atoms with Gasteiger partial charge in [-0.05, 0) is 24.1 Å². The lowest BCUT2D eigenvalue weighted by atomic mass is 10.0. The maximum absolute atomic E-state index is 12.5. The zero-order chi connectivity index (χ0) is 19.7. The van der Waals surface area contributed by atoms with Gasteiger partial charge in [0.05, 0.1) is 10.6 Å². The molecule has 0 saturated carbocycles. The van der Waals surface area contributed by atoms with Gasteiger partial charge in [-0.15, -0.1) is 12.4 Å². The molecule has 1 aliphatic rings. The monoisotopic (exact) mass is 433 g/mol. The summed E-state index contributed by atoms with van der Waals surface area (Å²) in [4.78, 5) is 6.39. The summed E-state index contributed by atoms with van der Waals surface area (Å²) in [6.07, 6.45) is 0.803. The number of guanidine groups is 1. The van der Waals surface area contributed by atoms with Crippen LogP contribution in [0.15, 0.2) is 64.0 Å². The molecular formula is C19H20ClN5O3S. The van der Waals surface area contributed by atoms with E-state index in [9.17, 15) is 8.42 Å². The Hall–Kier alpha value is -2.91. The summed E-state index contributed by atoms with van der Waals surface area (Å²) < 4.78 is 30.3. The van der Waals surface area contributed by atoms with Gasteiger partial charge in [0.1, 0.15) is 6.04 Å². The topological polar surface area (TPSA) is 126 Å². The Balaban J connectivity index is 0.00000240. The minimum absolute atomic E-state index is 0. The highest BCUT2D eigenvalue weighted by Crippen LogP contribution is 2.32. The van der Waals surface area contributed by atoms with Crippen molar-refractivity contribution in [3.8, 4) is 11.4 Å². The fourth-order valence-electron chi connectivity index (χ4n) is 3.10. The van der Waals surface area contributed by atoms with E-state index >= 15 is 0 Å². The summed E-state index contributed by atoms with van der Waals surface area (Å²) in [5.41, 5.74) is 6.93. The van der Waals surface area contributed by atoms with Gasteiger partial charge < -0.3 is 15.2 Å². The van der Waals surface area contributed by atoms with Crippen molar-refractivity contribution in [3.05, 3.63) is 66.1 Å². The van der Waals surface area contributed by atoms with Crippen LogP contribution in [0.25, 0.3) is 11.4 Å². The number of nitrogens with two attached hydrogens (primary N) is 1. The number of nitrogens with zero attached hydrogens (tertiary/aromatic N) is 3. The molecule has 29 heavy (non-hydrogen) atoms. The molecule has 10 heteroatoms. The molecule has 152 valence electrons. The van der Waals surface area contributed by atoms with E-state index < -0.39 is 9.84 Å². The Bertz CT molecular complexity index is 1100. The van der Waals surface area contributed by atoms with Crippen LogP contribution in [0.1, 0.15) is 23.9 Å². The minimum Gasteiger partial charge on any atom is -0.370 e. The molecule has 0 amide bonds. The average molecular weight is 434 g/mol. The van der Waals surface area contributed by atoms with Crippen molar-refractivity contribution in [1.82, 2.24) is 15.0 Å². The molecule has 3 N–H and O–H groups in total. The molecule has 0 bridgehead atoms. The second-order valence-corrected chi connectivity index (χ2v) is 8.60. The molecule has 1 atom stereocenters. The van der Waals surface area contributed by atoms with Crippen LogP contribution in [0.2, 0.25) is 0 Å². The molecule has 0 radical (unpaired) electrons. The standard InChI is InChI=1S/C19H19N5O3S.ClH/c20-19(21)24-11-10-16(24)18-22-17(23-27-18)14-8-6-13(7-9-14)12-28(25,26)15-4-2-1-3-5-15;/h1-9,16H,10-12H2,(H3,20,21);1H/t16-;/m0./s1. The van der Waals surface area contributed by atoms with Gasteiger partial charge in [0.15, 0.2) is 15.8 Å². The minimum atomic E-state index is -3.40. The normalized spacial score (nSPS) is 16.0. The van der Waals surface area contributed by atoms with Crippen molar-refractivity contribution >= 4 is 28.2 Å². The lowest BCUT2D eigenvalue weighted by Gasteiger charge is -2.38. The number of benzene rings is 2. The van der Waals surface area contributed by atoms with Crippen LogP contribution >= 0.6 is 12.4 Å². The van der Waals surface area contributed by atoms with Crippen LogP contribution in [0.3, 0.4) is 0 Å². The number of halogens is 1. The van der Waals surface area contributed by atoms with Gasteiger partial charge in [-0.1, -0.05) is 47.6 Å². The fraction of sp³-hybridized carbons (Fsp3) is 0.211. The third kappa shape index (κ3) is 4.25. The van der Waals surface area contributed by atoms with Crippen molar-refractivity contribution in [2.45, 2.75) is 23.1 Å². The molecular weight excluding hydrogens is 414 g/mol. The third-order valence-corrected chi connectivity index (χ3v) is 6.43. The van der Waals surface area contributed by atoms with Crippen LogP contribution in [-0.2, 0) is 15.6 Å². The number of nitrogens with one attached hydrogen (secondary N) is 1. The predicted molar refractivity (Wildman–Crippen MR) is 110 cm³/mol. The van der Waals surface area contributed by atoms with Gasteiger partial charge in [-0.2, -0.15) is 4.98 Å². The SMILES string of the molecule is Cl.N=C(N)N1CC[C@H]1c1nc(-c2ccc(CS(=O)(=O)c3ccccc3)cc2)no1. The van der Waals surface area contributed by atoms with E-state index in [1.165, 1.54) is 0 Å². The first-order chi connectivity index (χ1) is 13.4. The summed E-state index contributed by atoms with van der Waals surface area (Å²) in [5, 5.41) is 11.5. The van der Waals surface area contributed by atoms with Crippen LogP contribution in [-0.4, -0.2) is 36.0 Å². The maximum atomic E-state index is 12.5. The second-order valence-electron chi connectivity index (χ2n) is 6.61. The van der Waals surface area contributed by atoms with Crippen LogP contribution in [0, 0.1) is 5.41 Å². The molecule has 0 spiro atoms. The average Bonchev–Trinajstić information content (AvgIpc) is 3.10. The second kappa shape index (κ2) is 8.22. The van der Waals surface area contributed by atoms with Gasteiger partial charge in [0.2, 0.25) is 11.7 Å². The summed E-state index contributed by atoms with van der Waals surface area (Å²) in [6, 6.07) is 15.3. The van der Waals surface area contributed by atoms with Gasteiger partial charge in [0, 0.05) is 12.1 Å². The Morgan fingerprint density at radius 3 is 2.45 bits per heavy atom. The molecule has 2 heterocycles. The first kappa shape index (κ1) is 20.8. The number of hydrogen-bond donors (Lipinski definition) is 2. The molecule has 4 rings (SSSR count). The molecule has 1 saturated heterocycles. The molecule has 2 aromatic carbocycles. The predicted octanol–water partition coefficient (Wildman–Crippen LogP) is 2.77. The molecule has 8 nitrogen and oxygen atoms in total. The third-order valence-electron chi connectivity index (χ3n) is 4.73. The smallest absolute Gasteiger partial charge is 0.249 e. The summed E-state index contributed by atoms with van der Waals surface area (Å²) in [6.45, 7) is 0.697. The zero-order valence-corrected chi connectivity index (χ0v) is 17.0. The lowest BCUT2D eigenvalue weighted by molar-refractivity contribution is 0.141. The summed E-state index contributed by atoms with van der Waals surface area (Å²) in [7, 11) is -3.40. The lowest BCUT2D eigenvalue weighted by Crippen LogP contribution is -2.48. The molecule has 1 fully saturated rings. The number of aromatic nitrogens is 2. The van der Waals surface area contributed by atoms with E-state index in [0.29, 0.717) is 28.7 Å². The number of sulfone groups is 1. The van der Waals surface area contributed by atoms with E-state index in [2.05, 4.69) is 10.1 Å². The van der Waals surface area contributed by atoms with E-state index in [1.54, 1.807) is 59.5 Å². The molecule has 3 aromatic rings. The van der Waals surface area contributed by atoms with Crippen molar-refractivity contribution in [3.63, 3.8) is 0 Å². The van der Waals surface area contributed by atoms with E-state index in [4.69, 9.17) is 15.7 Å². The van der Waals surface area contributed by atoms with Gasteiger partial charge in [0.25, 0.3) is 0 Å². The Labute approximate surface area is 174 Å². The molecule has 0 unspecified atom stereocenters. The Kier molecular flexibility index (Phi) is 5.90. The summed E-state index contributed by atoms with van der Waals surface area (Å²) in [5.74, 6) is 0.750. The van der Waals surface area contributed by atoms with Gasteiger partial charge >= 0.3 is 0 Å². The Morgan fingerprint density at radius 1 is 1.17 bits per heavy atom.